The van der Waals surface area contributed by atoms with E-state index in [4.69, 9.17) is 25.5 Å². The summed E-state index contributed by atoms with van der Waals surface area (Å²) < 4.78 is 15.6. The van der Waals surface area contributed by atoms with E-state index in [2.05, 4.69) is 10.6 Å². The highest BCUT2D eigenvalue weighted by Gasteiger charge is 2.15. The van der Waals surface area contributed by atoms with Crippen molar-refractivity contribution >= 4 is 34.9 Å². The number of furan rings is 1. The van der Waals surface area contributed by atoms with Gasteiger partial charge in [0.2, 0.25) is 0 Å². The monoisotopic (exact) mass is 414 g/mol. The van der Waals surface area contributed by atoms with Gasteiger partial charge < -0.3 is 24.5 Å². The van der Waals surface area contributed by atoms with E-state index < -0.39 is 18.5 Å². The molecule has 0 radical (unpaired) electrons. The summed E-state index contributed by atoms with van der Waals surface area (Å²) in [5.74, 6) is 0.0327. The van der Waals surface area contributed by atoms with E-state index in [-0.39, 0.29) is 0 Å². The van der Waals surface area contributed by atoms with Crippen LogP contribution in [0.3, 0.4) is 0 Å². The SMILES string of the molecule is COc1ccc(Cl)cc1NC(=O)COC(=O)c1ccccc1NCc1ccco1. The van der Waals surface area contributed by atoms with E-state index in [0.29, 0.717) is 34.3 Å². The molecule has 3 rings (SSSR count). The molecule has 0 aliphatic heterocycles. The summed E-state index contributed by atoms with van der Waals surface area (Å²) in [5.41, 5.74) is 1.28. The molecule has 1 heterocycles. The van der Waals surface area contributed by atoms with Gasteiger partial charge in [-0.2, -0.15) is 0 Å². The van der Waals surface area contributed by atoms with E-state index in [9.17, 15) is 9.59 Å². The minimum atomic E-state index is -0.624. The van der Waals surface area contributed by atoms with Crippen molar-refractivity contribution in [2.24, 2.45) is 0 Å². The molecular formula is C21H19ClN2O5. The third-order valence-electron chi connectivity index (χ3n) is 3.95. The van der Waals surface area contributed by atoms with Crippen LogP contribution in [-0.4, -0.2) is 25.6 Å². The summed E-state index contributed by atoms with van der Waals surface area (Å²) in [7, 11) is 1.48. The molecule has 0 aliphatic rings. The lowest BCUT2D eigenvalue weighted by molar-refractivity contribution is -0.119. The van der Waals surface area contributed by atoms with Gasteiger partial charge in [0.1, 0.15) is 11.5 Å². The number of ether oxygens (including phenoxy) is 2. The molecule has 29 heavy (non-hydrogen) atoms. The van der Waals surface area contributed by atoms with Gasteiger partial charge in [-0.1, -0.05) is 23.7 Å². The second kappa shape index (κ2) is 9.66. The number of carbonyl (C=O) groups is 2. The molecule has 1 amide bonds. The summed E-state index contributed by atoms with van der Waals surface area (Å²) in [5, 5.41) is 6.17. The Hall–Kier alpha value is -3.45. The van der Waals surface area contributed by atoms with Crippen LogP contribution in [0.5, 0.6) is 5.75 Å². The predicted octanol–water partition coefficient (Wildman–Crippen LogP) is 4.35. The molecule has 0 bridgehead atoms. The van der Waals surface area contributed by atoms with Crippen molar-refractivity contribution in [2.75, 3.05) is 24.4 Å². The molecule has 3 aromatic rings. The van der Waals surface area contributed by atoms with Crippen LogP contribution < -0.4 is 15.4 Å². The van der Waals surface area contributed by atoms with Crippen LogP contribution in [0.2, 0.25) is 5.02 Å². The quantitative estimate of drug-likeness (QED) is 0.532. The van der Waals surface area contributed by atoms with Crippen LogP contribution in [0, 0.1) is 0 Å². The Labute approximate surface area is 172 Å². The minimum absolute atomic E-state index is 0.312. The molecule has 2 N–H and O–H groups in total. The van der Waals surface area contributed by atoms with Crippen LogP contribution in [0.4, 0.5) is 11.4 Å². The summed E-state index contributed by atoms with van der Waals surface area (Å²) in [6.45, 7) is -0.0483. The summed E-state index contributed by atoms with van der Waals surface area (Å²) in [4.78, 5) is 24.6. The lowest BCUT2D eigenvalue weighted by atomic mass is 10.2. The largest absolute Gasteiger partial charge is 0.495 e. The second-order valence-electron chi connectivity index (χ2n) is 5.95. The lowest BCUT2D eigenvalue weighted by Gasteiger charge is -2.12. The van der Waals surface area contributed by atoms with E-state index in [1.54, 1.807) is 54.8 Å². The standard InChI is InChI=1S/C21H19ClN2O5/c1-27-19-9-8-14(22)11-18(19)24-20(25)13-29-21(26)16-6-2-3-7-17(16)23-12-15-5-4-10-28-15/h2-11,23H,12-13H2,1H3,(H,24,25). The molecular weight excluding hydrogens is 396 g/mol. The number of hydrogen-bond acceptors (Lipinski definition) is 6. The number of nitrogens with one attached hydrogen (secondary N) is 2. The van der Waals surface area contributed by atoms with Gasteiger partial charge >= 0.3 is 5.97 Å². The Bertz CT molecular complexity index is 988. The highest BCUT2D eigenvalue weighted by Crippen LogP contribution is 2.27. The maximum Gasteiger partial charge on any atom is 0.340 e. The molecule has 1 aromatic heterocycles. The van der Waals surface area contributed by atoms with Gasteiger partial charge in [-0.3, -0.25) is 4.79 Å². The number of carbonyl (C=O) groups excluding carboxylic acids is 2. The fourth-order valence-corrected chi connectivity index (χ4v) is 2.76. The molecule has 0 unspecified atom stereocenters. The normalized spacial score (nSPS) is 10.3. The van der Waals surface area contributed by atoms with E-state index in [0.717, 1.165) is 5.76 Å². The third-order valence-corrected chi connectivity index (χ3v) is 4.19. The number of anilines is 2. The number of benzene rings is 2. The summed E-state index contributed by atoms with van der Waals surface area (Å²) in [6.07, 6.45) is 1.57. The highest BCUT2D eigenvalue weighted by molar-refractivity contribution is 6.31. The van der Waals surface area contributed by atoms with Gasteiger partial charge in [0, 0.05) is 10.7 Å². The molecule has 0 atom stereocenters. The molecule has 0 spiro atoms. The number of amides is 1. The van der Waals surface area contributed by atoms with Gasteiger partial charge in [-0.15, -0.1) is 0 Å². The number of esters is 1. The number of halogens is 1. The maximum atomic E-state index is 12.4. The molecule has 0 saturated carbocycles. The molecule has 2 aromatic carbocycles. The average Bonchev–Trinajstić information content (AvgIpc) is 3.24. The number of hydrogen-bond donors (Lipinski definition) is 2. The fourth-order valence-electron chi connectivity index (χ4n) is 2.58. The van der Waals surface area contributed by atoms with E-state index in [1.165, 1.54) is 7.11 Å². The Morgan fingerprint density at radius 2 is 1.90 bits per heavy atom. The average molecular weight is 415 g/mol. The first-order valence-electron chi connectivity index (χ1n) is 8.72. The van der Waals surface area contributed by atoms with Crippen molar-refractivity contribution in [1.29, 1.82) is 0 Å². The Balaban J connectivity index is 1.59. The summed E-state index contributed by atoms with van der Waals surface area (Å²) >= 11 is 5.94. The van der Waals surface area contributed by atoms with Crippen molar-refractivity contribution in [3.05, 3.63) is 77.2 Å². The zero-order valence-corrected chi connectivity index (χ0v) is 16.4. The topological polar surface area (TPSA) is 89.8 Å². The van der Waals surface area contributed by atoms with Crippen molar-refractivity contribution in [3.8, 4) is 5.75 Å². The zero-order chi connectivity index (χ0) is 20.6. The van der Waals surface area contributed by atoms with E-state index in [1.807, 2.05) is 6.07 Å². The molecule has 0 fully saturated rings. The van der Waals surface area contributed by atoms with Gasteiger partial charge in [0.05, 0.1) is 31.2 Å². The number of methoxy groups -OCH3 is 1. The van der Waals surface area contributed by atoms with Crippen LogP contribution >= 0.6 is 11.6 Å². The second-order valence-corrected chi connectivity index (χ2v) is 6.38. The maximum absolute atomic E-state index is 12.4. The van der Waals surface area contributed by atoms with Gasteiger partial charge in [-0.05, 0) is 42.5 Å². The van der Waals surface area contributed by atoms with Crippen molar-refractivity contribution < 1.29 is 23.5 Å². The zero-order valence-electron chi connectivity index (χ0n) is 15.6. The highest BCUT2D eigenvalue weighted by atomic mass is 35.5. The fraction of sp³-hybridized carbons (Fsp3) is 0.143. The third kappa shape index (κ3) is 5.52. The van der Waals surface area contributed by atoms with Crippen molar-refractivity contribution in [3.63, 3.8) is 0 Å². The van der Waals surface area contributed by atoms with Gasteiger partial charge in [0.25, 0.3) is 5.91 Å². The predicted molar refractivity (Wildman–Crippen MR) is 109 cm³/mol. The van der Waals surface area contributed by atoms with Crippen LogP contribution in [0.15, 0.2) is 65.3 Å². The van der Waals surface area contributed by atoms with Gasteiger partial charge in [-0.25, -0.2) is 4.79 Å². The Kier molecular flexibility index (Phi) is 6.76. The van der Waals surface area contributed by atoms with Crippen molar-refractivity contribution in [2.45, 2.75) is 6.54 Å². The number of para-hydroxylation sites is 1. The van der Waals surface area contributed by atoms with Crippen LogP contribution in [0.1, 0.15) is 16.1 Å². The van der Waals surface area contributed by atoms with Crippen LogP contribution in [0.25, 0.3) is 0 Å². The smallest absolute Gasteiger partial charge is 0.340 e. The first-order valence-corrected chi connectivity index (χ1v) is 9.10. The van der Waals surface area contributed by atoms with Gasteiger partial charge in [0.15, 0.2) is 6.61 Å². The van der Waals surface area contributed by atoms with Crippen LogP contribution in [-0.2, 0) is 16.1 Å². The number of rotatable bonds is 8. The van der Waals surface area contributed by atoms with E-state index >= 15 is 0 Å². The lowest BCUT2D eigenvalue weighted by Crippen LogP contribution is -2.21. The summed E-state index contributed by atoms with van der Waals surface area (Å²) in [6, 6.07) is 15.3. The van der Waals surface area contributed by atoms with Crippen molar-refractivity contribution in [1.82, 2.24) is 0 Å². The Morgan fingerprint density at radius 1 is 1.07 bits per heavy atom. The minimum Gasteiger partial charge on any atom is -0.495 e. The molecule has 7 nitrogen and oxygen atoms in total. The molecule has 150 valence electrons. The Morgan fingerprint density at radius 3 is 2.66 bits per heavy atom. The first kappa shape index (κ1) is 20.3. The molecule has 0 aliphatic carbocycles. The molecule has 8 heteroatoms. The molecule has 0 saturated heterocycles. The first-order chi connectivity index (χ1) is 14.1.